The Kier molecular flexibility index (Phi) is 70.5. The summed E-state index contributed by atoms with van der Waals surface area (Å²) in [4.78, 5) is 38.4. The van der Waals surface area contributed by atoms with Crippen LogP contribution in [0.5, 0.6) is 0 Å². The number of hydrogen-bond acceptors (Lipinski definition) is 6. The molecule has 0 amide bonds. The van der Waals surface area contributed by atoms with Crippen molar-refractivity contribution in [1.82, 2.24) is 0 Å². The number of carbonyl (C=O) groups is 3. The third-order valence-corrected chi connectivity index (χ3v) is 17.4. The summed E-state index contributed by atoms with van der Waals surface area (Å²) in [7, 11) is 0. The molecule has 0 aliphatic heterocycles. The number of ether oxygens (including phenoxy) is 3. The average Bonchev–Trinajstić information content (AvgIpc) is 3.48. The van der Waals surface area contributed by atoms with Crippen molar-refractivity contribution in [3.05, 3.63) is 24.3 Å². The van der Waals surface area contributed by atoms with Gasteiger partial charge in [-0.05, 0) is 70.6 Å². The van der Waals surface area contributed by atoms with Gasteiger partial charge in [-0.25, -0.2) is 0 Å². The van der Waals surface area contributed by atoms with Gasteiger partial charge in [0, 0.05) is 19.3 Å². The SMILES string of the molecule is CCCCCCCCCC/C=C\CCCCCCCCCCCCCCCCCC(=O)OCC(COC(=O)CCCCCCCCCCCCC)OC(=O)CCCCCCCCCCCCCCCCC/C=C\CCCCCCCCCC. The van der Waals surface area contributed by atoms with Crippen LogP contribution in [0.1, 0.15) is 432 Å². The number of esters is 3. The van der Waals surface area contributed by atoms with Gasteiger partial charge in [0.25, 0.3) is 0 Å². The van der Waals surface area contributed by atoms with Crippen molar-refractivity contribution in [3.63, 3.8) is 0 Å². The molecule has 0 aromatic heterocycles. The molecule has 0 heterocycles. The van der Waals surface area contributed by atoms with Crippen molar-refractivity contribution in [2.24, 2.45) is 0 Å². The molecule has 83 heavy (non-hydrogen) atoms. The Morgan fingerprint density at radius 2 is 0.398 bits per heavy atom. The number of allylic oxidation sites excluding steroid dienone is 4. The molecule has 0 bridgehead atoms. The van der Waals surface area contributed by atoms with E-state index < -0.39 is 6.10 Å². The zero-order valence-electron chi connectivity index (χ0n) is 56.5. The molecular weight excluding hydrogens is 1020 g/mol. The van der Waals surface area contributed by atoms with Crippen molar-refractivity contribution < 1.29 is 28.6 Å². The lowest BCUT2D eigenvalue weighted by molar-refractivity contribution is -0.167. The highest BCUT2D eigenvalue weighted by Crippen LogP contribution is 2.19. The lowest BCUT2D eigenvalue weighted by Crippen LogP contribution is -2.30. The number of carbonyl (C=O) groups excluding carboxylic acids is 3. The molecule has 6 nitrogen and oxygen atoms in total. The van der Waals surface area contributed by atoms with Gasteiger partial charge in [0.05, 0.1) is 0 Å². The Morgan fingerprint density at radius 3 is 0.602 bits per heavy atom. The summed E-state index contributed by atoms with van der Waals surface area (Å²) in [6, 6.07) is 0. The van der Waals surface area contributed by atoms with Crippen molar-refractivity contribution in [2.45, 2.75) is 438 Å². The van der Waals surface area contributed by atoms with Crippen molar-refractivity contribution in [3.8, 4) is 0 Å². The Bertz CT molecular complexity index is 1340. The smallest absolute Gasteiger partial charge is 0.306 e. The largest absolute Gasteiger partial charge is 0.462 e. The maximum atomic E-state index is 13.0. The molecule has 0 spiro atoms. The van der Waals surface area contributed by atoms with Gasteiger partial charge < -0.3 is 14.2 Å². The number of hydrogen-bond donors (Lipinski definition) is 0. The highest BCUT2D eigenvalue weighted by molar-refractivity contribution is 5.71. The summed E-state index contributed by atoms with van der Waals surface area (Å²) in [5.41, 5.74) is 0. The van der Waals surface area contributed by atoms with E-state index in [0.29, 0.717) is 19.3 Å². The first-order valence-electron chi connectivity index (χ1n) is 37.8. The summed E-state index contributed by atoms with van der Waals surface area (Å²) in [6.07, 6.45) is 89.5. The summed E-state index contributed by atoms with van der Waals surface area (Å²) in [6.45, 7) is 6.72. The quantitative estimate of drug-likeness (QED) is 0.0261. The van der Waals surface area contributed by atoms with E-state index in [-0.39, 0.29) is 31.1 Å². The van der Waals surface area contributed by atoms with Crippen LogP contribution in [0, 0.1) is 0 Å². The highest BCUT2D eigenvalue weighted by atomic mass is 16.6. The number of unbranched alkanes of at least 4 members (excludes halogenated alkanes) is 56. The van der Waals surface area contributed by atoms with Crippen LogP contribution in [-0.4, -0.2) is 37.2 Å². The van der Waals surface area contributed by atoms with Crippen LogP contribution in [0.25, 0.3) is 0 Å². The molecular formula is C77H146O6. The van der Waals surface area contributed by atoms with Crippen LogP contribution >= 0.6 is 0 Å². The molecule has 1 unspecified atom stereocenters. The molecule has 0 aromatic carbocycles. The maximum absolute atomic E-state index is 13.0. The fraction of sp³-hybridized carbons (Fsp3) is 0.909. The second-order valence-electron chi connectivity index (χ2n) is 25.9. The van der Waals surface area contributed by atoms with E-state index in [1.807, 2.05) is 0 Å². The first-order valence-corrected chi connectivity index (χ1v) is 37.8. The molecule has 0 saturated carbocycles. The van der Waals surface area contributed by atoms with Crippen LogP contribution in [0.3, 0.4) is 0 Å². The Hall–Kier alpha value is -2.11. The Balaban J connectivity index is 4.13. The topological polar surface area (TPSA) is 78.9 Å². The van der Waals surface area contributed by atoms with E-state index in [1.165, 1.54) is 334 Å². The molecule has 6 heteroatoms. The molecule has 0 aliphatic carbocycles. The van der Waals surface area contributed by atoms with Crippen LogP contribution in [-0.2, 0) is 28.6 Å². The Labute approximate surface area is 519 Å². The van der Waals surface area contributed by atoms with Crippen LogP contribution in [0.15, 0.2) is 24.3 Å². The minimum Gasteiger partial charge on any atom is -0.462 e. The average molecular weight is 1170 g/mol. The normalized spacial score (nSPS) is 12.1. The van der Waals surface area contributed by atoms with Crippen LogP contribution in [0.4, 0.5) is 0 Å². The molecule has 1 atom stereocenters. The lowest BCUT2D eigenvalue weighted by Gasteiger charge is -2.18. The Morgan fingerprint density at radius 1 is 0.229 bits per heavy atom. The van der Waals surface area contributed by atoms with Crippen molar-refractivity contribution in [1.29, 1.82) is 0 Å². The molecule has 0 aliphatic rings. The zero-order valence-corrected chi connectivity index (χ0v) is 56.5. The third-order valence-electron chi connectivity index (χ3n) is 17.4. The molecule has 0 N–H and O–H groups in total. The summed E-state index contributed by atoms with van der Waals surface area (Å²) in [5.74, 6) is -0.831. The summed E-state index contributed by atoms with van der Waals surface area (Å²) in [5, 5.41) is 0. The molecule has 0 radical (unpaired) electrons. The van der Waals surface area contributed by atoms with Gasteiger partial charge >= 0.3 is 17.9 Å². The van der Waals surface area contributed by atoms with E-state index in [1.54, 1.807) is 0 Å². The van der Waals surface area contributed by atoms with E-state index >= 15 is 0 Å². The third kappa shape index (κ3) is 70.5. The molecule has 490 valence electrons. The molecule has 0 aromatic rings. The second kappa shape index (κ2) is 72.4. The fourth-order valence-electron chi connectivity index (χ4n) is 11.7. The van der Waals surface area contributed by atoms with Crippen LogP contribution in [0.2, 0.25) is 0 Å². The lowest BCUT2D eigenvalue weighted by atomic mass is 10.0. The van der Waals surface area contributed by atoms with E-state index in [9.17, 15) is 14.4 Å². The summed E-state index contributed by atoms with van der Waals surface area (Å²) >= 11 is 0. The van der Waals surface area contributed by atoms with Crippen LogP contribution < -0.4 is 0 Å². The predicted molar refractivity (Wildman–Crippen MR) is 363 cm³/mol. The minimum atomic E-state index is -0.768. The van der Waals surface area contributed by atoms with Crippen molar-refractivity contribution >= 4 is 17.9 Å². The monoisotopic (exact) mass is 1170 g/mol. The van der Waals surface area contributed by atoms with E-state index in [0.717, 1.165) is 57.8 Å². The minimum absolute atomic E-state index is 0.0643. The van der Waals surface area contributed by atoms with Gasteiger partial charge in [0.15, 0.2) is 6.10 Å². The highest BCUT2D eigenvalue weighted by Gasteiger charge is 2.20. The summed E-state index contributed by atoms with van der Waals surface area (Å²) < 4.78 is 17.0. The predicted octanol–water partition coefficient (Wildman–Crippen LogP) is 26.1. The number of rotatable bonds is 71. The maximum Gasteiger partial charge on any atom is 0.306 e. The van der Waals surface area contributed by atoms with Gasteiger partial charge in [-0.1, -0.05) is 366 Å². The van der Waals surface area contributed by atoms with Gasteiger partial charge in [0.1, 0.15) is 13.2 Å². The molecule has 0 rings (SSSR count). The van der Waals surface area contributed by atoms with E-state index in [4.69, 9.17) is 14.2 Å². The van der Waals surface area contributed by atoms with Gasteiger partial charge in [-0.3, -0.25) is 14.4 Å². The zero-order chi connectivity index (χ0) is 59.9. The molecule has 0 saturated heterocycles. The van der Waals surface area contributed by atoms with Crippen molar-refractivity contribution in [2.75, 3.05) is 13.2 Å². The first-order chi connectivity index (χ1) is 41.0. The van der Waals surface area contributed by atoms with Gasteiger partial charge in [-0.15, -0.1) is 0 Å². The van der Waals surface area contributed by atoms with Gasteiger partial charge in [0.2, 0.25) is 0 Å². The first kappa shape index (κ1) is 80.9. The standard InChI is InChI=1S/C77H146O6/c1-4-7-10-13-16-19-22-24-26-28-30-32-34-36-38-40-42-44-46-48-50-52-55-58-61-64-67-70-76(79)82-73-74(72-81-75(78)69-66-63-60-57-54-21-18-15-12-9-6-3)83-77(80)71-68-65-62-59-56-53-51-49-47-45-43-41-39-37-35-33-31-29-27-25-23-20-17-14-11-8-5-2/h28-31,74H,4-27,32-73H2,1-3H3/b30-28-,31-29-. The second-order valence-corrected chi connectivity index (χ2v) is 25.9. The van der Waals surface area contributed by atoms with Gasteiger partial charge in [-0.2, -0.15) is 0 Å². The van der Waals surface area contributed by atoms with E-state index in [2.05, 4.69) is 45.1 Å². The fourth-order valence-corrected chi connectivity index (χ4v) is 11.7. The molecule has 0 fully saturated rings.